The van der Waals surface area contributed by atoms with Gasteiger partial charge in [-0.1, -0.05) is 68.4 Å². The minimum atomic E-state index is -0.302. The Morgan fingerprint density at radius 2 is 1.83 bits per heavy atom. The average molecular weight is 412 g/mol. The van der Waals surface area contributed by atoms with Crippen LogP contribution < -0.4 is 10.6 Å². The first-order valence-electron chi connectivity index (χ1n) is 9.68. The van der Waals surface area contributed by atoms with Crippen molar-refractivity contribution < 1.29 is 5.11 Å². The Morgan fingerprint density at radius 1 is 1.17 bits per heavy atom. The van der Waals surface area contributed by atoms with Gasteiger partial charge in [0.25, 0.3) is 0 Å². The van der Waals surface area contributed by atoms with Crippen molar-refractivity contribution in [3.05, 3.63) is 93.9 Å². The maximum atomic E-state index is 10.1. The van der Waals surface area contributed by atoms with Crippen LogP contribution in [0.1, 0.15) is 36.6 Å². The largest absolute Gasteiger partial charge is 0.506 e. The maximum Gasteiger partial charge on any atom is 0.133 e. The molecule has 0 heterocycles. The molecule has 0 aromatic heterocycles. The number of rotatable bonds is 9. The Labute approximate surface area is 178 Å². The molecule has 1 atom stereocenters. The lowest BCUT2D eigenvalue weighted by molar-refractivity contribution is 0.443. The number of benzene rings is 2. The van der Waals surface area contributed by atoms with Crippen molar-refractivity contribution in [2.24, 2.45) is 5.92 Å². The van der Waals surface area contributed by atoms with E-state index in [9.17, 15) is 5.11 Å². The molecule has 4 nitrogen and oxygen atoms in total. The van der Waals surface area contributed by atoms with E-state index in [4.69, 9.17) is 17.0 Å². The van der Waals surface area contributed by atoms with Crippen LogP contribution >= 0.6 is 11.6 Å². The molecule has 2 rings (SSSR count). The van der Waals surface area contributed by atoms with Gasteiger partial charge < -0.3 is 15.7 Å². The molecule has 4 N–H and O–H groups in total. The van der Waals surface area contributed by atoms with Crippen molar-refractivity contribution in [3.63, 3.8) is 0 Å². The number of likely N-dealkylation sites (N-methyl/N-ethyl adjacent to an activating group) is 1. The highest BCUT2D eigenvalue weighted by molar-refractivity contribution is 6.30. The quantitative estimate of drug-likeness (QED) is 0.316. The van der Waals surface area contributed by atoms with Gasteiger partial charge in [0.1, 0.15) is 11.5 Å². The molecule has 2 aromatic rings. The predicted octanol–water partition coefficient (Wildman–Crippen LogP) is 5.70. The van der Waals surface area contributed by atoms with Crippen LogP contribution in [0.15, 0.2) is 72.1 Å². The minimum absolute atomic E-state index is 0.0166. The Hall–Kier alpha value is -2.56. The summed E-state index contributed by atoms with van der Waals surface area (Å²) in [6.07, 6.45) is 0. The van der Waals surface area contributed by atoms with Crippen LogP contribution in [0.25, 0.3) is 0 Å². The van der Waals surface area contributed by atoms with E-state index in [2.05, 4.69) is 43.2 Å². The van der Waals surface area contributed by atoms with Gasteiger partial charge in [-0.25, -0.2) is 0 Å². The third kappa shape index (κ3) is 5.72. The summed E-state index contributed by atoms with van der Waals surface area (Å²) in [5.74, 6) is -0.150. The Balaban J connectivity index is 2.59. The third-order valence-corrected chi connectivity index (χ3v) is 5.11. The van der Waals surface area contributed by atoms with E-state index < -0.39 is 0 Å². The number of allylic oxidation sites excluding steroid dienone is 2. The zero-order chi connectivity index (χ0) is 21.6. The Kier molecular flexibility index (Phi) is 8.06. The maximum absolute atomic E-state index is 10.1. The van der Waals surface area contributed by atoms with Crippen molar-refractivity contribution in [2.75, 3.05) is 7.05 Å². The lowest BCUT2D eigenvalue weighted by Crippen LogP contribution is -2.31. The van der Waals surface area contributed by atoms with Crippen molar-refractivity contribution in [2.45, 2.75) is 33.4 Å². The van der Waals surface area contributed by atoms with E-state index in [0.717, 1.165) is 22.4 Å². The Morgan fingerprint density at radius 3 is 2.34 bits per heavy atom. The molecule has 29 heavy (non-hydrogen) atoms. The van der Waals surface area contributed by atoms with Crippen molar-refractivity contribution >= 4 is 17.3 Å². The molecule has 0 bridgehead atoms. The molecule has 0 aliphatic rings. The zero-order valence-electron chi connectivity index (χ0n) is 17.5. The van der Waals surface area contributed by atoms with Gasteiger partial charge in [0.15, 0.2) is 0 Å². The van der Waals surface area contributed by atoms with Crippen molar-refractivity contribution in [1.82, 2.24) is 10.6 Å². The van der Waals surface area contributed by atoms with Crippen molar-refractivity contribution in [1.29, 1.82) is 5.41 Å². The monoisotopic (exact) mass is 411 g/mol. The van der Waals surface area contributed by atoms with E-state index in [0.29, 0.717) is 17.1 Å². The molecular formula is C24H30ClN3O. The minimum Gasteiger partial charge on any atom is -0.506 e. The molecule has 0 radical (unpaired) electrons. The summed E-state index contributed by atoms with van der Waals surface area (Å²) in [6.45, 7) is 10.4. The normalized spacial score (nSPS) is 13.0. The molecule has 2 aromatic carbocycles. The molecule has 0 saturated heterocycles. The van der Waals surface area contributed by atoms with Gasteiger partial charge in [0.2, 0.25) is 0 Å². The van der Waals surface area contributed by atoms with Gasteiger partial charge in [0, 0.05) is 22.8 Å². The van der Waals surface area contributed by atoms with Gasteiger partial charge in [-0.15, -0.1) is 0 Å². The molecular weight excluding hydrogens is 382 g/mol. The summed E-state index contributed by atoms with van der Waals surface area (Å²) in [5, 5.41) is 26.2. The molecule has 0 aliphatic heterocycles. The first kappa shape index (κ1) is 22.7. The molecule has 5 heteroatoms. The Bertz CT molecular complexity index is 904. The summed E-state index contributed by atoms with van der Waals surface area (Å²) in [4.78, 5) is 0. The fourth-order valence-electron chi connectivity index (χ4n) is 3.41. The zero-order valence-corrected chi connectivity index (χ0v) is 18.3. The van der Waals surface area contributed by atoms with Gasteiger partial charge in [-0.3, -0.25) is 5.41 Å². The summed E-state index contributed by atoms with van der Waals surface area (Å²) in [6, 6.07) is 15.5. The van der Waals surface area contributed by atoms with E-state index in [1.54, 1.807) is 0 Å². The molecule has 0 saturated carbocycles. The molecule has 0 amide bonds. The number of hydrogen-bond donors (Lipinski definition) is 4. The van der Waals surface area contributed by atoms with Gasteiger partial charge in [-0.2, -0.15) is 0 Å². The third-order valence-electron chi connectivity index (χ3n) is 4.87. The second-order valence-corrected chi connectivity index (χ2v) is 7.80. The number of aryl methyl sites for hydroxylation is 1. The highest BCUT2D eigenvalue weighted by atomic mass is 35.5. The molecule has 1 unspecified atom stereocenters. The fourth-order valence-corrected chi connectivity index (χ4v) is 3.64. The lowest BCUT2D eigenvalue weighted by atomic mass is 9.87. The van der Waals surface area contributed by atoms with Crippen LogP contribution in [-0.4, -0.2) is 17.9 Å². The van der Waals surface area contributed by atoms with Gasteiger partial charge in [0.05, 0.1) is 6.04 Å². The van der Waals surface area contributed by atoms with Crippen LogP contribution in [0, 0.1) is 18.3 Å². The van der Waals surface area contributed by atoms with Gasteiger partial charge >= 0.3 is 0 Å². The molecule has 0 aliphatic carbocycles. The van der Waals surface area contributed by atoms with E-state index in [1.165, 1.54) is 0 Å². The molecule has 154 valence electrons. The number of hydrogen-bond acceptors (Lipinski definition) is 4. The highest BCUT2D eigenvalue weighted by Crippen LogP contribution is 2.31. The number of halogens is 1. The van der Waals surface area contributed by atoms with Crippen LogP contribution in [0.5, 0.6) is 0 Å². The number of nitrogens with one attached hydrogen (secondary N) is 3. The fraction of sp³-hybridized carbons (Fsp3) is 0.292. The lowest BCUT2D eigenvalue weighted by Gasteiger charge is -2.28. The molecule has 0 fully saturated rings. The van der Waals surface area contributed by atoms with Crippen molar-refractivity contribution in [3.8, 4) is 0 Å². The van der Waals surface area contributed by atoms with Crippen LogP contribution in [0.3, 0.4) is 0 Å². The number of aliphatic hydroxyl groups excluding tert-OH is 1. The summed E-state index contributed by atoms with van der Waals surface area (Å²) < 4.78 is 0. The van der Waals surface area contributed by atoms with Crippen LogP contribution in [0.2, 0.25) is 5.02 Å². The average Bonchev–Trinajstić information content (AvgIpc) is 2.68. The topological polar surface area (TPSA) is 68.1 Å². The predicted molar refractivity (Wildman–Crippen MR) is 123 cm³/mol. The molecule has 0 spiro atoms. The number of aliphatic hydroxyl groups is 1. The van der Waals surface area contributed by atoms with E-state index in [-0.39, 0.29) is 23.4 Å². The second kappa shape index (κ2) is 10.3. The van der Waals surface area contributed by atoms with Crippen LogP contribution in [0.4, 0.5) is 0 Å². The SMILES string of the molecule is C=C(O)C(=N)/C(=C(\NCc1ccccc1)C(C)C)C(NC)c1ccc(Cl)cc1C. The van der Waals surface area contributed by atoms with E-state index in [1.807, 2.05) is 50.4 Å². The summed E-state index contributed by atoms with van der Waals surface area (Å²) in [5.41, 5.74) is 4.74. The van der Waals surface area contributed by atoms with E-state index >= 15 is 0 Å². The highest BCUT2D eigenvalue weighted by Gasteiger charge is 2.27. The second-order valence-electron chi connectivity index (χ2n) is 7.37. The smallest absolute Gasteiger partial charge is 0.133 e. The van der Waals surface area contributed by atoms with Gasteiger partial charge in [-0.05, 0) is 48.7 Å². The summed E-state index contributed by atoms with van der Waals surface area (Å²) >= 11 is 6.15. The van der Waals surface area contributed by atoms with Crippen LogP contribution in [-0.2, 0) is 6.54 Å². The summed E-state index contributed by atoms with van der Waals surface area (Å²) in [7, 11) is 1.85. The first-order valence-corrected chi connectivity index (χ1v) is 10.1. The first-order chi connectivity index (χ1) is 13.8. The standard InChI is InChI=1S/C24H30ClN3O/c1-15(2)23(28-14-18-9-7-6-8-10-18)21(22(26)17(4)29)24(27-5)20-12-11-19(25)13-16(20)3/h6-13,15,24,26-29H,4,14H2,1-3,5H3/b23-21+,26-22?.